The van der Waals surface area contributed by atoms with Crippen LogP contribution in [0.15, 0.2) is 132 Å². The molecule has 0 fully saturated rings. The number of hydrogen-bond donors (Lipinski definition) is 7. The molecule has 5 aromatic carbocycles. The number of methoxy groups -OCH3 is 1. The molecule has 0 heterocycles. The van der Waals surface area contributed by atoms with E-state index in [9.17, 15) is 23.1 Å². The predicted molar refractivity (Wildman–Crippen MR) is 203 cm³/mol. The lowest BCUT2D eigenvalue weighted by molar-refractivity contribution is -0.142. The van der Waals surface area contributed by atoms with Gasteiger partial charge in [0.05, 0.1) is 17.7 Å². The number of aliphatic carboxylic acids is 2. The second-order valence-corrected chi connectivity index (χ2v) is 13.2. The molecule has 8 N–H and O–H groups in total. The number of carbonyl (C=O) groups is 3. The predicted octanol–water partition coefficient (Wildman–Crippen LogP) is 5.55. The van der Waals surface area contributed by atoms with E-state index in [4.69, 9.17) is 30.5 Å². The zero-order valence-corrected chi connectivity index (χ0v) is 30.0. The minimum Gasteiger partial charge on any atom is -0.493 e. The van der Waals surface area contributed by atoms with E-state index in [2.05, 4.69) is 15.4 Å². The highest BCUT2D eigenvalue weighted by Crippen LogP contribution is 2.39. The minimum absolute atomic E-state index is 0.0303. The Balaban J connectivity index is 0.00000155. The first-order valence-corrected chi connectivity index (χ1v) is 17.7. The van der Waals surface area contributed by atoms with E-state index < -0.39 is 40.0 Å². The minimum atomic E-state index is -4.20. The highest BCUT2D eigenvalue weighted by Gasteiger charge is 2.32. The SMILES string of the molecule is CC(=O)O.COc1cc([C@H](Nc2ccc(C(=N)N)cc2)C(=O)N[C@H](C(=O)O)c2ccccc2)c(NS(=O)(=O)c2ccccc2)cc1OCc1ccccc1. The highest BCUT2D eigenvalue weighted by molar-refractivity contribution is 7.92. The van der Waals surface area contributed by atoms with Gasteiger partial charge in [0, 0.05) is 29.8 Å². The molecule has 15 heteroatoms. The van der Waals surface area contributed by atoms with Crippen LogP contribution in [0, 0.1) is 5.41 Å². The van der Waals surface area contributed by atoms with Crippen LogP contribution in [0.3, 0.4) is 0 Å². The molecule has 0 unspecified atom stereocenters. The summed E-state index contributed by atoms with van der Waals surface area (Å²) >= 11 is 0. The average molecular weight is 754 g/mol. The molecule has 0 saturated heterocycles. The van der Waals surface area contributed by atoms with Crippen LogP contribution in [0.5, 0.6) is 11.5 Å². The van der Waals surface area contributed by atoms with Crippen molar-refractivity contribution in [3.63, 3.8) is 0 Å². The number of amidine groups is 1. The Morgan fingerprint density at radius 1 is 0.796 bits per heavy atom. The molecule has 0 aliphatic heterocycles. The van der Waals surface area contributed by atoms with Gasteiger partial charge in [-0.15, -0.1) is 0 Å². The number of rotatable bonds is 15. The fourth-order valence-corrected chi connectivity index (χ4v) is 6.17. The van der Waals surface area contributed by atoms with Gasteiger partial charge in [-0.25, -0.2) is 13.2 Å². The Morgan fingerprint density at radius 2 is 1.35 bits per heavy atom. The summed E-state index contributed by atoms with van der Waals surface area (Å²) in [6.45, 7) is 1.21. The molecule has 54 heavy (non-hydrogen) atoms. The zero-order chi connectivity index (χ0) is 39.3. The van der Waals surface area contributed by atoms with Gasteiger partial charge in [-0.1, -0.05) is 78.9 Å². The number of hydrogen-bond acceptors (Lipinski definition) is 9. The van der Waals surface area contributed by atoms with Crippen molar-refractivity contribution in [2.24, 2.45) is 5.73 Å². The number of sulfonamides is 1. The van der Waals surface area contributed by atoms with Crippen molar-refractivity contribution in [1.29, 1.82) is 5.41 Å². The van der Waals surface area contributed by atoms with Gasteiger partial charge < -0.3 is 36.1 Å². The van der Waals surface area contributed by atoms with E-state index in [0.717, 1.165) is 12.5 Å². The maximum atomic E-state index is 14.3. The fourth-order valence-electron chi connectivity index (χ4n) is 5.07. The molecule has 2 atom stereocenters. The Kier molecular flexibility index (Phi) is 13.7. The number of carboxylic acids is 2. The summed E-state index contributed by atoms with van der Waals surface area (Å²) in [5.74, 6) is -2.73. The quantitative estimate of drug-likeness (QED) is 0.0518. The number of nitrogens with two attached hydrogens (primary N) is 1. The first kappa shape index (κ1) is 39.9. The van der Waals surface area contributed by atoms with Crippen LogP contribution in [0.2, 0.25) is 0 Å². The Labute approximate surface area is 312 Å². The van der Waals surface area contributed by atoms with Gasteiger partial charge in [-0.2, -0.15) is 0 Å². The van der Waals surface area contributed by atoms with E-state index in [1.54, 1.807) is 72.8 Å². The Hall–Kier alpha value is -6.87. The second kappa shape index (κ2) is 18.6. The fraction of sp³-hybridized carbons (Fsp3) is 0.128. The van der Waals surface area contributed by atoms with Gasteiger partial charge in [-0.05, 0) is 53.6 Å². The van der Waals surface area contributed by atoms with Crippen LogP contribution in [-0.2, 0) is 31.0 Å². The van der Waals surface area contributed by atoms with Crippen LogP contribution >= 0.6 is 0 Å². The second-order valence-electron chi connectivity index (χ2n) is 11.6. The van der Waals surface area contributed by atoms with Crippen molar-refractivity contribution in [3.8, 4) is 11.5 Å². The maximum absolute atomic E-state index is 14.3. The number of benzene rings is 5. The number of anilines is 2. The molecule has 14 nitrogen and oxygen atoms in total. The average Bonchev–Trinajstić information content (AvgIpc) is 3.16. The third kappa shape index (κ3) is 11.1. The summed E-state index contributed by atoms with van der Waals surface area (Å²) in [4.78, 5) is 35.6. The summed E-state index contributed by atoms with van der Waals surface area (Å²) in [5.41, 5.74) is 7.69. The lowest BCUT2D eigenvalue weighted by Gasteiger charge is -2.26. The molecule has 1 amide bonds. The zero-order valence-electron chi connectivity index (χ0n) is 29.2. The molecular formula is C39H39N5O9S. The van der Waals surface area contributed by atoms with E-state index in [1.165, 1.54) is 31.4 Å². The molecule has 5 rings (SSSR count). The molecule has 0 saturated carbocycles. The molecular weight excluding hydrogens is 715 g/mol. The summed E-state index contributed by atoms with van der Waals surface area (Å²) in [6, 6.07) is 31.6. The van der Waals surface area contributed by atoms with Gasteiger partial charge >= 0.3 is 5.97 Å². The number of ether oxygens (including phenoxy) is 2. The molecule has 0 aliphatic rings. The van der Waals surface area contributed by atoms with Crippen LogP contribution in [0.4, 0.5) is 11.4 Å². The summed E-state index contributed by atoms with van der Waals surface area (Å²) in [5, 5.41) is 31.0. The number of amides is 1. The highest BCUT2D eigenvalue weighted by atomic mass is 32.2. The summed E-state index contributed by atoms with van der Waals surface area (Å²) in [6.07, 6.45) is 0. The molecule has 0 bridgehead atoms. The monoisotopic (exact) mass is 753 g/mol. The first-order valence-electron chi connectivity index (χ1n) is 16.2. The van der Waals surface area contributed by atoms with Crippen molar-refractivity contribution < 1.29 is 42.5 Å². The third-order valence-corrected chi connectivity index (χ3v) is 9.00. The van der Waals surface area contributed by atoms with Crippen molar-refractivity contribution in [2.45, 2.75) is 30.5 Å². The van der Waals surface area contributed by atoms with Gasteiger partial charge in [0.2, 0.25) is 5.91 Å². The van der Waals surface area contributed by atoms with Crippen LogP contribution < -0.4 is 30.6 Å². The first-order chi connectivity index (χ1) is 25.8. The molecule has 0 aromatic heterocycles. The maximum Gasteiger partial charge on any atom is 0.330 e. The van der Waals surface area contributed by atoms with Gasteiger partial charge in [0.15, 0.2) is 17.5 Å². The van der Waals surface area contributed by atoms with E-state index in [-0.39, 0.29) is 40.1 Å². The third-order valence-electron chi connectivity index (χ3n) is 7.62. The van der Waals surface area contributed by atoms with E-state index in [1.807, 2.05) is 30.3 Å². The van der Waals surface area contributed by atoms with Gasteiger partial charge in [-0.3, -0.25) is 19.7 Å². The summed E-state index contributed by atoms with van der Waals surface area (Å²) < 4.78 is 41.7. The molecule has 280 valence electrons. The number of carbonyl (C=O) groups excluding carboxylic acids is 1. The Bertz CT molecular complexity index is 2170. The van der Waals surface area contributed by atoms with Crippen molar-refractivity contribution in [2.75, 3.05) is 17.1 Å². The van der Waals surface area contributed by atoms with Crippen LogP contribution in [0.1, 0.15) is 41.3 Å². The van der Waals surface area contributed by atoms with Crippen LogP contribution in [-0.4, -0.2) is 49.4 Å². The van der Waals surface area contributed by atoms with Gasteiger partial charge in [0.1, 0.15) is 18.5 Å². The van der Waals surface area contributed by atoms with Crippen molar-refractivity contribution in [3.05, 3.63) is 150 Å². The van der Waals surface area contributed by atoms with E-state index in [0.29, 0.717) is 16.8 Å². The van der Waals surface area contributed by atoms with E-state index >= 15 is 0 Å². The van der Waals surface area contributed by atoms with Crippen molar-refractivity contribution in [1.82, 2.24) is 5.32 Å². The topological polar surface area (TPSA) is 230 Å². The normalized spacial score (nSPS) is 11.7. The summed E-state index contributed by atoms with van der Waals surface area (Å²) in [7, 11) is -2.80. The molecule has 0 spiro atoms. The smallest absolute Gasteiger partial charge is 0.330 e. The number of nitrogen functional groups attached to an aromatic ring is 1. The molecule has 0 aliphatic carbocycles. The Morgan fingerprint density at radius 3 is 1.89 bits per heavy atom. The molecule has 5 aromatic rings. The van der Waals surface area contributed by atoms with Gasteiger partial charge in [0.25, 0.3) is 16.0 Å². The van der Waals surface area contributed by atoms with Crippen molar-refractivity contribution >= 4 is 45.1 Å². The standard InChI is InChI=1S/C37H35N5O7S.C2H4O2/c1-48-31-21-29(30(42-50(46,47)28-15-9-4-10-16-28)22-32(31)49-23-24-11-5-2-6-12-24)34(40-27-19-17-26(18-20-27)35(38)39)36(43)41-33(37(44)45)25-13-7-3-8-14-25;1-2(3)4/h2-22,33-34,40,42H,23H2,1H3,(H3,38,39)(H,41,43)(H,44,45);1H3,(H,3,4)/t33-,34-;/m0./s1. The number of nitrogens with one attached hydrogen (secondary N) is 4. The molecule has 0 radical (unpaired) electrons. The largest absolute Gasteiger partial charge is 0.493 e. The van der Waals surface area contributed by atoms with Crippen LogP contribution in [0.25, 0.3) is 0 Å². The lowest BCUT2D eigenvalue weighted by Crippen LogP contribution is -2.39. The number of carboxylic acid groups (broad SMARTS) is 2. The lowest BCUT2D eigenvalue weighted by atomic mass is 10.0.